The number of methoxy groups -OCH3 is 1. The molecule has 0 spiro atoms. The molecule has 0 heterocycles. The van der Waals surface area contributed by atoms with Crippen LogP contribution < -0.4 is 4.74 Å². The molecule has 0 fully saturated rings. The van der Waals surface area contributed by atoms with Crippen LogP contribution in [0.5, 0.6) is 5.75 Å². The Morgan fingerprint density at radius 3 is 2.40 bits per heavy atom. The average Bonchev–Trinajstić information content (AvgIpc) is 2.26. The average molecular weight is 209 g/mol. The van der Waals surface area contributed by atoms with Gasteiger partial charge in [-0.3, -0.25) is 10.1 Å². The SMILES string of the molecule is CC[C@@H](C[N+](=O)[O-])c1ccc(OC)cc1. The molecule has 0 unspecified atom stereocenters. The molecule has 15 heavy (non-hydrogen) atoms. The van der Waals surface area contributed by atoms with E-state index in [0.29, 0.717) is 0 Å². The summed E-state index contributed by atoms with van der Waals surface area (Å²) >= 11 is 0. The third-order valence-corrected chi connectivity index (χ3v) is 2.45. The molecule has 0 radical (unpaired) electrons. The van der Waals surface area contributed by atoms with Gasteiger partial charge in [-0.1, -0.05) is 19.1 Å². The summed E-state index contributed by atoms with van der Waals surface area (Å²) in [6, 6.07) is 7.43. The highest BCUT2D eigenvalue weighted by Gasteiger charge is 2.15. The minimum Gasteiger partial charge on any atom is -0.497 e. The van der Waals surface area contributed by atoms with Crippen molar-refractivity contribution in [3.63, 3.8) is 0 Å². The maximum absolute atomic E-state index is 10.4. The maximum Gasteiger partial charge on any atom is 0.210 e. The predicted molar refractivity (Wildman–Crippen MR) is 57.9 cm³/mol. The molecular formula is C11H15NO3. The van der Waals surface area contributed by atoms with Crippen LogP contribution in [0.25, 0.3) is 0 Å². The van der Waals surface area contributed by atoms with Gasteiger partial charge in [-0.2, -0.15) is 0 Å². The monoisotopic (exact) mass is 209 g/mol. The zero-order chi connectivity index (χ0) is 11.3. The van der Waals surface area contributed by atoms with Crippen molar-refractivity contribution in [3.8, 4) is 5.75 Å². The summed E-state index contributed by atoms with van der Waals surface area (Å²) in [5.41, 5.74) is 0.995. The van der Waals surface area contributed by atoms with Crippen molar-refractivity contribution >= 4 is 0 Å². The number of benzene rings is 1. The summed E-state index contributed by atoms with van der Waals surface area (Å²) in [6.07, 6.45) is 0.771. The molecule has 0 N–H and O–H groups in total. The van der Waals surface area contributed by atoms with Gasteiger partial charge < -0.3 is 4.74 Å². The van der Waals surface area contributed by atoms with Gasteiger partial charge >= 0.3 is 0 Å². The second kappa shape index (κ2) is 5.34. The lowest BCUT2D eigenvalue weighted by Gasteiger charge is -2.10. The quantitative estimate of drug-likeness (QED) is 0.553. The van der Waals surface area contributed by atoms with Crippen molar-refractivity contribution in [1.29, 1.82) is 0 Å². The third kappa shape index (κ3) is 3.23. The molecule has 0 amide bonds. The van der Waals surface area contributed by atoms with Crippen LogP contribution in [-0.4, -0.2) is 18.6 Å². The molecule has 4 nitrogen and oxygen atoms in total. The molecule has 0 aliphatic carbocycles. The van der Waals surface area contributed by atoms with E-state index in [1.165, 1.54) is 0 Å². The van der Waals surface area contributed by atoms with Crippen LogP contribution in [0.3, 0.4) is 0 Å². The van der Waals surface area contributed by atoms with E-state index in [0.717, 1.165) is 17.7 Å². The number of nitrogens with zero attached hydrogens (tertiary/aromatic N) is 1. The first-order chi connectivity index (χ1) is 7.17. The molecule has 0 aromatic heterocycles. The van der Waals surface area contributed by atoms with Gasteiger partial charge in [-0.05, 0) is 24.1 Å². The van der Waals surface area contributed by atoms with Gasteiger partial charge in [-0.25, -0.2) is 0 Å². The van der Waals surface area contributed by atoms with Crippen molar-refractivity contribution in [2.24, 2.45) is 0 Å². The van der Waals surface area contributed by atoms with Crippen molar-refractivity contribution in [3.05, 3.63) is 39.9 Å². The Balaban J connectivity index is 2.78. The van der Waals surface area contributed by atoms with E-state index in [9.17, 15) is 10.1 Å². The van der Waals surface area contributed by atoms with Crippen molar-refractivity contribution in [2.75, 3.05) is 13.7 Å². The summed E-state index contributed by atoms with van der Waals surface area (Å²) in [7, 11) is 1.60. The summed E-state index contributed by atoms with van der Waals surface area (Å²) < 4.78 is 5.03. The molecule has 4 heteroatoms. The minimum atomic E-state index is -0.265. The van der Waals surface area contributed by atoms with Gasteiger partial charge in [0.1, 0.15) is 5.75 Å². The fourth-order valence-corrected chi connectivity index (χ4v) is 1.53. The Kier molecular flexibility index (Phi) is 4.09. The zero-order valence-corrected chi connectivity index (χ0v) is 8.97. The lowest BCUT2D eigenvalue weighted by atomic mass is 9.97. The number of rotatable bonds is 5. The van der Waals surface area contributed by atoms with E-state index < -0.39 is 0 Å². The van der Waals surface area contributed by atoms with E-state index in [2.05, 4.69) is 0 Å². The standard InChI is InChI=1S/C11H15NO3/c1-3-9(8-12(13)14)10-4-6-11(15-2)7-5-10/h4-7,9H,3,8H2,1-2H3/t9-/m0/s1. The highest BCUT2D eigenvalue weighted by Crippen LogP contribution is 2.22. The molecule has 0 saturated carbocycles. The molecular weight excluding hydrogens is 194 g/mol. The second-order valence-electron chi connectivity index (χ2n) is 3.39. The molecule has 1 atom stereocenters. The Bertz CT molecular complexity index is 321. The van der Waals surface area contributed by atoms with E-state index in [4.69, 9.17) is 4.74 Å². The Morgan fingerprint density at radius 1 is 1.40 bits per heavy atom. The summed E-state index contributed by atoms with van der Waals surface area (Å²) in [5.74, 6) is 0.764. The van der Waals surface area contributed by atoms with Gasteiger partial charge in [0.15, 0.2) is 0 Å². The van der Waals surface area contributed by atoms with E-state index in [-0.39, 0.29) is 17.4 Å². The van der Waals surface area contributed by atoms with E-state index in [1.54, 1.807) is 7.11 Å². The molecule has 82 valence electrons. The minimum absolute atomic E-state index is 0.00842. The molecule has 1 aromatic rings. The topological polar surface area (TPSA) is 52.4 Å². The first kappa shape index (κ1) is 11.5. The maximum atomic E-state index is 10.4. The number of nitro groups is 1. The van der Waals surface area contributed by atoms with Crippen LogP contribution >= 0.6 is 0 Å². The Labute approximate surface area is 89.0 Å². The molecule has 0 saturated heterocycles. The van der Waals surface area contributed by atoms with Crippen LogP contribution in [0.2, 0.25) is 0 Å². The number of hydrogen-bond acceptors (Lipinski definition) is 3. The van der Waals surface area contributed by atoms with Crippen LogP contribution in [0, 0.1) is 10.1 Å². The molecule has 0 aliphatic rings. The largest absolute Gasteiger partial charge is 0.497 e. The van der Waals surface area contributed by atoms with Gasteiger partial charge in [0.2, 0.25) is 6.54 Å². The Hall–Kier alpha value is -1.58. The highest BCUT2D eigenvalue weighted by atomic mass is 16.6. The Morgan fingerprint density at radius 2 is 2.00 bits per heavy atom. The first-order valence-corrected chi connectivity index (χ1v) is 4.93. The van der Waals surface area contributed by atoms with Crippen molar-refractivity contribution < 1.29 is 9.66 Å². The van der Waals surface area contributed by atoms with Crippen LogP contribution in [0.1, 0.15) is 24.8 Å². The summed E-state index contributed by atoms with van der Waals surface area (Å²) in [6.45, 7) is 1.95. The van der Waals surface area contributed by atoms with Gasteiger partial charge in [0, 0.05) is 10.8 Å². The normalized spacial score (nSPS) is 12.1. The van der Waals surface area contributed by atoms with Gasteiger partial charge in [-0.15, -0.1) is 0 Å². The van der Waals surface area contributed by atoms with E-state index >= 15 is 0 Å². The number of ether oxygens (including phenoxy) is 1. The van der Waals surface area contributed by atoms with Gasteiger partial charge in [0.25, 0.3) is 0 Å². The van der Waals surface area contributed by atoms with Crippen molar-refractivity contribution in [1.82, 2.24) is 0 Å². The predicted octanol–water partition coefficient (Wildman–Crippen LogP) is 2.47. The number of hydrogen-bond donors (Lipinski definition) is 0. The van der Waals surface area contributed by atoms with Crippen LogP contribution in [-0.2, 0) is 0 Å². The summed E-state index contributed by atoms with van der Waals surface area (Å²) in [5, 5.41) is 10.4. The second-order valence-corrected chi connectivity index (χ2v) is 3.39. The first-order valence-electron chi connectivity index (χ1n) is 4.93. The molecule has 0 bridgehead atoms. The van der Waals surface area contributed by atoms with E-state index in [1.807, 2.05) is 31.2 Å². The lowest BCUT2D eigenvalue weighted by Crippen LogP contribution is -2.11. The summed E-state index contributed by atoms with van der Waals surface area (Å²) in [4.78, 5) is 10.2. The highest BCUT2D eigenvalue weighted by molar-refractivity contribution is 5.29. The smallest absolute Gasteiger partial charge is 0.210 e. The fourth-order valence-electron chi connectivity index (χ4n) is 1.53. The van der Waals surface area contributed by atoms with Crippen LogP contribution in [0.4, 0.5) is 0 Å². The third-order valence-electron chi connectivity index (χ3n) is 2.45. The zero-order valence-electron chi connectivity index (χ0n) is 8.97. The lowest BCUT2D eigenvalue weighted by molar-refractivity contribution is -0.483. The van der Waals surface area contributed by atoms with Gasteiger partial charge in [0.05, 0.1) is 7.11 Å². The van der Waals surface area contributed by atoms with Crippen LogP contribution in [0.15, 0.2) is 24.3 Å². The van der Waals surface area contributed by atoms with Crippen molar-refractivity contribution in [2.45, 2.75) is 19.3 Å². The molecule has 1 aromatic carbocycles. The molecule has 0 aliphatic heterocycles. The molecule has 1 rings (SSSR count). The fraction of sp³-hybridized carbons (Fsp3) is 0.455.